The molecule has 1 fully saturated rings. The fraction of sp³-hybridized carbons (Fsp3) is 0.778. The second-order valence-corrected chi connectivity index (χ2v) is 3.66. The van der Waals surface area contributed by atoms with Gasteiger partial charge >= 0.3 is 6.18 Å². The summed E-state index contributed by atoms with van der Waals surface area (Å²) in [6, 6.07) is 0. The quantitative estimate of drug-likeness (QED) is 0.651. The van der Waals surface area contributed by atoms with E-state index in [1.54, 1.807) is 0 Å². The lowest BCUT2D eigenvalue weighted by molar-refractivity contribution is -0.143. The van der Waals surface area contributed by atoms with E-state index in [1.165, 1.54) is 0 Å². The Bertz CT molecular complexity index is 198. The number of likely N-dealkylation sites (tertiary alicyclic amines) is 1. The van der Waals surface area contributed by atoms with E-state index in [2.05, 4.69) is 6.58 Å². The van der Waals surface area contributed by atoms with Gasteiger partial charge < -0.3 is 4.90 Å². The highest BCUT2D eigenvalue weighted by molar-refractivity contribution is 4.93. The van der Waals surface area contributed by atoms with E-state index in [-0.39, 0.29) is 5.92 Å². The summed E-state index contributed by atoms with van der Waals surface area (Å²) in [5.74, 6) is -0.239. The molecule has 1 nitrogen and oxygen atoms in total. The minimum atomic E-state index is -4.02. The molecule has 1 heterocycles. The molecule has 0 saturated carbocycles. The lowest BCUT2D eigenvalue weighted by atomic mass is 10.1. The minimum absolute atomic E-state index is 0.239. The molecule has 0 aromatic rings. The lowest BCUT2D eigenvalue weighted by Crippen LogP contribution is -2.20. The van der Waals surface area contributed by atoms with Gasteiger partial charge in [0.15, 0.2) is 0 Å². The van der Waals surface area contributed by atoms with Crippen LogP contribution in [0.1, 0.15) is 19.8 Å². The van der Waals surface area contributed by atoms with Crippen molar-refractivity contribution in [2.45, 2.75) is 25.9 Å². The molecular weight excluding hydrogens is 179 g/mol. The van der Waals surface area contributed by atoms with Crippen LogP contribution in [0.2, 0.25) is 0 Å². The van der Waals surface area contributed by atoms with Gasteiger partial charge in [0, 0.05) is 25.2 Å². The van der Waals surface area contributed by atoms with Crippen molar-refractivity contribution in [3.63, 3.8) is 0 Å². The summed E-state index contributed by atoms with van der Waals surface area (Å²) in [6.45, 7) is 6.77. The van der Waals surface area contributed by atoms with Gasteiger partial charge in [0.2, 0.25) is 0 Å². The van der Waals surface area contributed by atoms with Crippen molar-refractivity contribution in [1.29, 1.82) is 0 Å². The number of halogens is 3. The third-order valence-corrected chi connectivity index (χ3v) is 2.35. The molecule has 0 amide bonds. The first-order valence-electron chi connectivity index (χ1n) is 4.35. The molecule has 1 aliphatic rings. The van der Waals surface area contributed by atoms with Crippen LogP contribution in [-0.4, -0.2) is 24.2 Å². The van der Waals surface area contributed by atoms with Gasteiger partial charge in [-0.1, -0.05) is 6.58 Å². The Morgan fingerprint density at radius 2 is 2.15 bits per heavy atom. The molecule has 0 spiro atoms. The fourth-order valence-corrected chi connectivity index (χ4v) is 1.67. The molecule has 0 aliphatic carbocycles. The molecular formula is C9H14F3N. The Hall–Kier alpha value is -0.670. The lowest BCUT2D eigenvalue weighted by Gasteiger charge is -2.18. The van der Waals surface area contributed by atoms with Crippen LogP contribution in [0, 0.1) is 5.92 Å². The normalized spacial score (nSPS) is 23.7. The van der Waals surface area contributed by atoms with Crippen LogP contribution in [0.3, 0.4) is 0 Å². The molecule has 0 N–H and O–H groups in total. The molecule has 1 atom stereocenters. The van der Waals surface area contributed by atoms with Gasteiger partial charge in [-0.2, -0.15) is 13.2 Å². The first-order valence-corrected chi connectivity index (χ1v) is 4.35. The second kappa shape index (κ2) is 3.60. The maximum Gasteiger partial charge on any atom is 0.389 e. The van der Waals surface area contributed by atoms with Crippen molar-refractivity contribution >= 4 is 0 Å². The zero-order valence-electron chi connectivity index (χ0n) is 7.69. The highest BCUT2D eigenvalue weighted by atomic mass is 19.4. The largest absolute Gasteiger partial charge is 0.389 e. The third-order valence-electron chi connectivity index (χ3n) is 2.35. The van der Waals surface area contributed by atoms with E-state index in [0.717, 1.165) is 12.2 Å². The second-order valence-electron chi connectivity index (χ2n) is 3.66. The zero-order chi connectivity index (χ0) is 10.1. The Labute approximate surface area is 76.2 Å². The topological polar surface area (TPSA) is 3.24 Å². The Morgan fingerprint density at radius 3 is 2.54 bits per heavy atom. The summed E-state index contributed by atoms with van der Waals surface area (Å²) < 4.78 is 36.0. The minimum Gasteiger partial charge on any atom is -0.375 e. The van der Waals surface area contributed by atoms with Crippen molar-refractivity contribution in [3.8, 4) is 0 Å². The van der Waals surface area contributed by atoms with Crippen molar-refractivity contribution in [3.05, 3.63) is 12.3 Å². The zero-order valence-corrected chi connectivity index (χ0v) is 7.69. The summed E-state index contributed by atoms with van der Waals surface area (Å²) in [5, 5.41) is 0. The monoisotopic (exact) mass is 193 g/mol. The van der Waals surface area contributed by atoms with E-state index in [9.17, 15) is 13.2 Å². The Morgan fingerprint density at radius 1 is 1.54 bits per heavy atom. The Balaban J connectivity index is 2.38. The number of hydrogen-bond donors (Lipinski definition) is 0. The fourth-order valence-electron chi connectivity index (χ4n) is 1.67. The summed E-state index contributed by atoms with van der Waals surface area (Å²) >= 11 is 0. The molecule has 1 aliphatic heterocycles. The predicted molar refractivity (Wildman–Crippen MR) is 45.2 cm³/mol. The first kappa shape index (κ1) is 10.4. The summed E-state index contributed by atoms with van der Waals surface area (Å²) in [6.07, 6.45) is -4.04. The van der Waals surface area contributed by atoms with E-state index in [0.29, 0.717) is 13.0 Å². The number of alkyl halides is 3. The summed E-state index contributed by atoms with van der Waals surface area (Å²) in [7, 11) is 0. The molecule has 13 heavy (non-hydrogen) atoms. The third kappa shape index (κ3) is 3.28. The number of nitrogens with zero attached hydrogens (tertiary/aromatic N) is 1. The SMILES string of the molecule is C=C(C)N1CC[C@@H](CC(F)(F)F)C1. The van der Waals surface area contributed by atoms with E-state index in [1.807, 2.05) is 11.8 Å². The van der Waals surface area contributed by atoms with Crippen molar-refractivity contribution in [1.82, 2.24) is 4.90 Å². The number of hydrogen-bond acceptors (Lipinski definition) is 1. The maximum absolute atomic E-state index is 12.0. The highest BCUT2D eigenvalue weighted by Crippen LogP contribution is 2.31. The van der Waals surface area contributed by atoms with Gasteiger partial charge in [-0.05, 0) is 19.3 Å². The van der Waals surface area contributed by atoms with Crippen LogP contribution < -0.4 is 0 Å². The first-order chi connectivity index (χ1) is 5.88. The maximum atomic E-state index is 12.0. The molecule has 4 heteroatoms. The van der Waals surface area contributed by atoms with Crippen LogP contribution in [0.5, 0.6) is 0 Å². The number of allylic oxidation sites excluding steroid dienone is 1. The molecule has 0 aromatic heterocycles. The molecule has 0 bridgehead atoms. The van der Waals surface area contributed by atoms with Crippen molar-refractivity contribution in [2.75, 3.05) is 13.1 Å². The van der Waals surface area contributed by atoms with Crippen molar-refractivity contribution in [2.24, 2.45) is 5.92 Å². The summed E-state index contributed by atoms with van der Waals surface area (Å²) in [4.78, 5) is 1.91. The molecule has 76 valence electrons. The molecule has 0 aromatic carbocycles. The molecule has 0 unspecified atom stereocenters. The Kier molecular flexibility index (Phi) is 2.88. The van der Waals surface area contributed by atoms with Crippen LogP contribution in [0.15, 0.2) is 12.3 Å². The van der Waals surface area contributed by atoms with Gasteiger partial charge in [-0.15, -0.1) is 0 Å². The van der Waals surface area contributed by atoms with Gasteiger partial charge in [0.1, 0.15) is 0 Å². The van der Waals surface area contributed by atoms with Gasteiger partial charge in [0.25, 0.3) is 0 Å². The smallest absolute Gasteiger partial charge is 0.375 e. The van der Waals surface area contributed by atoms with E-state index >= 15 is 0 Å². The van der Waals surface area contributed by atoms with Crippen LogP contribution in [-0.2, 0) is 0 Å². The van der Waals surface area contributed by atoms with Gasteiger partial charge in [0.05, 0.1) is 0 Å². The van der Waals surface area contributed by atoms with Crippen LogP contribution in [0.25, 0.3) is 0 Å². The number of rotatable bonds is 2. The summed E-state index contributed by atoms with van der Waals surface area (Å²) in [5.41, 5.74) is 0.865. The average molecular weight is 193 g/mol. The standard InChI is InChI=1S/C9H14F3N/c1-7(2)13-4-3-8(6-13)5-9(10,11)12/h8H,1,3-6H2,2H3/t8-/m0/s1. The average Bonchev–Trinajstić information content (AvgIpc) is 2.31. The highest BCUT2D eigenvalue weighted by Gasteiger charge is 2.34. The van der Waals surface area contributed by atoms with Crippen molar-refractivity contribution < 1.29 is 13.2 Å². The van der Waals surface area contributed by atoms with Crippen LogP contribution in [0.4, 0.5) is 13.2 Å². The van der Waals surface area contributed by atoms with Gasteiger partial charge in [-0.3, -0.25) is 0 Å². The van der Waals surface area contributed by atoms with Gasteiger partial charge in [-0.25, -0.2) is 0 Å². The van der Waals surface area contributed by atoms with E-state index < -0.39 is 12.6 Å². The van der Waals surface area contributed by atoms with E-state index in [4.69, 9.17) is 0 Å². The predicted octanol–water partition coefficient (Wildman–Crippen LogP) is 2.79. The molecule has 1 saturated heterocycles. The molecule has 1 rings (SSSR count). The molecule has 0 radical (unpaired) electrons. The van der Waals surface area contributed by atoms with Crippen LogP contribution >= 0.6 is 0 Å².